The van der Waals surface area contributed by atoms with E-state index in [0.717, 1.165) is 22.0 Å². The summed E-state index contributed by atoms with van der Waals surface area (Å²) in [5.74, 6) is 0.844. The van der Waals surface area contributed by atoms with Crippen LogP contribution in [0.3, 0.4) is 0 Å². The highest BCUT2D eigenvalue weighted by Crippen LogP contribution is 2.20. The molecule has 0 fully saturated rings. The fraction of sp³-hybridized carbons (Fsp3) is 0.143. The van der Waals surface area contributed by atoms with Gasteiger partial charge in [0, 0.05) is 17.8 Å². The average molecular weight is 306 g/mol. The number of methoxy groups -OCH3 is 1. The molecule has 2 aromatic heterocycles. The Kier molecular flexibility index (Phi) is 3.71. The third kappa shape index (κ3) is 2.55. The molecule has 20 heavy (non-hydrogen) atoms. The molecular formula is C14H12ClN3OS. The number of thiazole rings is 1. The largest absolute Gasteiger partial charge is 0.497 e. The highest BCUT2D eigenvalue weighted by molar-refractivity contribution is 7.15. The van der Waals surface area contributed by atoms with Crippen LogP contribution in [0.2, 0.25) is 5.15 Å². The molecule has 0 bridgehead atoms. The van der Waals surface area contributed by atoms with Crippen LogP contribution >= 0.6 is 22.9 Å². The fourth-order valence-electron chi connectivity index (χ4n) is 1.86. The van der Waals surface area contributed by atoms with Crippen LogP contribution in [0, 0.1) is 0 Å². The lowest BCUT2D eigenvalue weighted by Gasteiger charge is -2.00. The molecule has 0 spiro atoms. The van der Waals surface area contributed by atoms with Gasteiger partial charge < -0.3 is 4.74 Å². The lowest BCUT2D eigenvalue weighted by molar-refractivity contribution is 0.414. The molecule has 0 saturated heterocycles. The van der Waals surface area contributed by atoms with Gasteiger partial charge in [-0.3, -0.25) is 9.39 Å². The van der Waals surface area contributed by atoms with Crippen molar-refractivity contribution in [2.75, 3.05) is 7.11 Å². The number of imidazole rings is 1. The van der Waals surface area contributed by atoms with E-state index in [-0.39, 0.29) is 0 Å². The molecule has 0 atom stereocenters. The molecule has 6 heteroatoms. The molecular weight excluding hydrogens is 294 g/mol. The van der Waals surface area contributed by atoms with Gasteiger partial charge in [0.1, 0.15) is 11.4 Å². The molecule has 0 amide bonds. The number of nitrogens with zero attached hydrogens (tertiary/aromatic N) is 3. The first-order valence-electron chi connectivity index (χ1n) is 6.02. The van der Waals surface area contributed by atoms with Gasteiger partial charge in [0.05, 0.1) is 13.7 Å². The second-order valence-corrected chi connectivity index (χ2v) is 5.39. The minimum Gasteiger partial charge on any atom is -0.497 e. The number of rotatable bonds is 4. The summed E-state index contributed by atoms with van der Waals surface area (Å²) in [4.78, 5) is 9.56. The van der Waals surface area contributed by atoms with Crippen molar-refractivity contribution in [3.8, 4) is 5.75 Å². The van der Waals surface area contributed by atoms with E-state index in [4.69, 9.17) is 16.3 Å². The summed E-state index contributed by atoms with van der Waals surface area (Å²) in [6.07, 6.45) is 3.70. The molecule has 2 heterocycles. The van der Waals surface area contributed by atoms with Crippen LogP contribution in [0.1, 0.15) is 11.3 Å². The molecule has 3 rings (SSSR count). The number of fused-ring (bicyclic) bond motifs is 1. The topological polar surface area (TPSA) is 38.9 Å². The first-order valence-corrected chi connectivity index (χ1v) is 7.27. The van der Waals surface area contributed by atoms with Crippen LogP contribution in [-0.4, -0.2) is 22.7 Å². The highest BCUT2D eigenvalue weighted by Gasteiger charge is 2.08. The molecule has 0 aliphatic heterocycles. The van der Waals surface area contributed by atoms with Crippen LogP contribution in [0.15, 0.2) is 40.8 Å². The van der Waals surface area contributed by atoms with E-state index in [2.05, 4.69) is 9.98 Å². The normalized spacial score (nSPS) is 11.5. The van der Waals surface area contributed by atoms with Gasteiger partial charge in [-0.25, -0.2) is 4.98 Å². The lowest BCUT2D eigenvalue weighted by atomic mass is 10.2. The van der Waals surface area contributed by atoms with Gasteiger partial charge in [-0.05, 0) is 17.7 Å². The Hall–Kier alpha value is -1.85. The molecule has 1 aromatic carbocycles. The van der Waals surface area contributed by atoms with Crippen molar-refractivity contribution in [3.63, 3.8) is 0 Å². The third-order valence-electron chi connectivity index (χ3n) is 2.90. The maximum atomic E-state index is 6.10. The second kappa shape index (κ2) is 5.64. The number of hydrogen-bond donors (Lipinski definition) is 0. The van der Waals surface area contributed by atoms with Crippen molar-refractivity contribution in [2.24, 2.45) is 4.99 Å². The van der Waals surface area contributed by atoms with Crippen LogP contribution in [0.25, 0.3) is 4.96 Å². The Labute approximate surface area is 125 Å². The molecule has 3 aromatic rings. The molecule has 0 N–H and O–H groups in total. The second-order valence-electron chi connectivity index (χ2n) is 4.16. The summed E-state index contributed by atoms with van der Waals surface area (Å²) in [6, 6.07) is 7.84. The summed E-state index contributed by atoms with van der Waals surface area (Å²) in [5, 5.41) is 2.45. The zero-order valence-corrected chi connectivity index (χ0v) is 12.4. The summed E-state index contributed by atoms with van der Waals surface area (Å²) < 4.78 is 7.06. The minimum absolute atomic E-state index is 0.482. The quantitative estimate of drug-likeness (QED) is 0.690. The third-order valence-corrected chi connectivity index (χ3v) is 3.94. The fourth-order valence-corrected chi connectivity index (χ4v) is 2.85. The Bertz CT molecular complexity index is 745. The molecule has 0 radical (unpaired) electrons. The number of benzene rings is 1. The number of halogens is 1. The zero-order valence-electron chi connectivity index (χ0n) is 10.8. The van der Waals surface area contributed by atoms with E-state index in [1.807, 2.05) is 40.2 Å². The molecule has 0 aliphatic carbocycles. The first-order chi connectivity index (χ1) is 9.78. The Morgan fingerprint density at radius 3 is 2.95 bits per heavy atom. The summed E-state index contributed by atoms with van der Waals surface area (Å²) in [7, 11) is 1.65. The summed E-state index contributed by atoms with van der Waals surface area (Å²) in [5.41, 5.74) is 1.93. The monoisotopic (exact) mass is 305 g/mol. The molecule has 0 saturated carbocycles. The van der Waals surface area contributed by atoms with Crippen molar-refractivity contribution in [2.45, 2.75) is 6.54 Å². The Morgan fingerprint density at radius 2 is 2.20 bits per heavy atom. The number of aromatic nitrogens is 2. The van der Waals surface area contributed by atoms with E-state index >= 15 is 0 Å². The smallest absolute Gasteiger partial charge is 0.195 e. The van der Waals surface area contributed by atoms with Crippen LogP contribution in [0.5, 0.6) is 5.75 Å². The average Bonchev–Trinajstić information content (AvgIpc) is 3.02. The van der Waals surface area contributed by atoms with Gasteiger partial charge in [-0.1, -0.05) is 23.7 Å². The Balaban J connectivity index is 1.76. The van der Waals surface area contributed by atoms with E-state index in [0.29, 0.717) is 11.7 Å². The van der Waals surface area contributed by atoms with E-state index < -0.39 is 0 Å². The predicted octanol–water partition coefficient (Wildman–Crippen LogP) is 3.68. The Morgan fingerprint density at radius 1 is 1.40 bits per heavy atom. The minimum atomic E-state index is 0.482. The molecule has 102 valence electrons. The first kappa shape index (κ1) is 13.1. The van der Waals surface area contributed by atoms with E-state index in [1.54, 1.807) is 24.7 Å². The van der Waals surface area contributed by atoms with Crippen molar-refractivity contribution in [3.05, 3.63) is 52.3 Å². The van der Waals surface area contributed by atoms with Gasteiger partial charge in [0.25, 0.3) is 0 Å². The van der Waals surface area contributed by atoms with Crippen LogP contribution in [0.4, 0.5) is 0 Å². The van der Waals surface area contributed by atoms with E-state index in [9.17, 15) is 0 Å². The highest BCUT2D eigenvalue weighted by atomic mass is 35.5. The van der Waals surface area contributed by atoms with Gasteiger partial charge >= 0.3 is 0 Å². The van der Waals surface area contributed by atoms with Gasteiger partial charge in [0.2, 0.25) is 0 Å². The maximum absolute atomic E-state index is 6.10. The summed E-state index contributed by atoms with van der Waals surface area (Å²) >= 11 is 7.65. The SMILES string of the molecule is COc1ccc(CN=Cc2c(Cl)nc3sccn23)cc1. The molecule has 4 nitrogen and oxygen atoms in total. The van der Waals surface area contributed by atoms with Gasteiger partial charge in [0.15, 0.2) is 10.1 Å². The van der Waals surface area contributed by atoms with E-state index in [1.165, 1.54) is 0 Å². The maximum Gasteiger partial charge on any atom is 0.195 e. The summed E-state index contributed by atoms with van der Waals surface area (Å²) in [6.45, 7) is 0.595. The van der Waals surface area contributed by atoms with Crippen molar-refractivity contribution in [1.82, 2.24) is 9.38 Å². The standard InChI is InChI=1S/C14H12ClN3OS/c1-19-11-4-2-10(3-5-11)8-16-9-12-13(15)17-14-18(12)6-7-20-14/h2-7,9H,8H2,1H3. The van der Waals surface area contributed by atoms with Crippen LogP contribution in [-0.2, 0) is 6.54 Å². The number of aliphatic imine (C=N–C) groups is 1. The predicted molar refractivity (Wildman–Crippen MR) is 82.4 cm³/mol. The zero-order chi connectivity index (χ0) is 13.9. The van der Waals surface area contributed by atoms with Crippen molar-refractivity contribution in [1.29, 1.82) is 0 Å². The van der Waals surface area contributed by atoms with Crippen LogP contribution < -0.4 is 4.74 Å². The van der Waals surface area contributed by atoms with Crippen molar-refractivity contribution >= 4 is 34.1 Å². The molecule has 0 aliphatic rings. The van der Waals surface area contributed by atoms with Gasteiger partial charge in [-0.2, -0.15) is 0 Å². The number of hydrogen-bond acceptors (Lipinski definition) is 4. The lowest BCUT2D eigenvalue weighted by Crippen LogP contribution is -1.90. The van der Waals surface area contributed by atoms with Crippen molar-refractivity contribution < 1.29 is 4.74 Å². The van der Waals surface area contributed by atoms with Gasteiger partial charge in [-0.15, -0.1) is 11.3 Å². The molecule has 0 unspecified atom stereocenters. The number of ether oxygens (including phenoxy) is 1.